The van der Waals surface area contributed by atoms with Crippen molar-refractivity contribution in [1.29, 1.82) is 0 Å². The van der Waals surface area contributed by atoms with Crippen LogP contribution in [0.1, 0.15) is 28.9 Å². The second-order valence-electron chi connectivity index (χ2n) is 9.69. The van der Waals surface area contributed by atoms with Crippen LogP contribution in [0.5, 0.6) is 0 Å². The van der Waals surface area contributed by atoms with Crippen molar-refractivity contribution >= 4 is 38.3 Å². The minimum Gasteiger partial charge on any atom is -0.341 e. The Bertz CT molecular complexity index is 1570. The number of carbonyl (C=O) groups is 1. The van der Waals surface area contributed by atoms with Gasteiger partial charge in [-0.15, -0.1) is 10.2 Å². The second-order valence-corrected chi connectivity index (χ2v) is 12.9. The predicted octanol–water partition coefficient (Wildman–Crippen LogP) is 4.37. The number of thioether (sulfide) groups is 1. The summed E-state index contributed by atoms with van der Waals surface area (Å²) in [5, 5.41) is 12.1. The molecule has 0 saturated carbocycles. The molecule has 5 rings (SSSR count). The van der Waals surface area contributed by atoms with E-state index in [2.05, 4.69) is 77.1 Å². The largest absolute Gasteiger partial charge is 0.341 e. The van der Waals surface area contributed by atoms with Gasteiger partial charge >= 0.3 is 0 Å². The van der Waals surface area contributed by atoms with E-state index in [-0.39, 0.29) is 29.2 Å². The summed E-state index contributed by atoms with van der Waals surface area (Å²) >= 11 is 1.33. The molecule has 0 aliphatic carbocycles. The van der Waals surface area contributed by atoms with Gasteiger partial charge in [-0.25, -0.2) is 8.42 Å². The first-order valence-electron chi connectivity index (χ1n) is 12.3. The van der Waals surface area contributed by atoms with Crippen molar-refractivity contribution in [1.82, 2.24) is 19.7 Å². The molecule has 0 spiro atoms. The highest BCUT2D eigenvalue weighted by molar-refractivity contribution is 7.99. The van der Waals surface area contributed by atoms with Crippen LogP contribution >= 0.6 is 11.8 Å². The maximum atomic E-state index is 13.0. The molecule has 4 aromatic rings. The molecular formula is C28H30N4O3S2. The molecule has 7 nitrogen and oxygen atoms in total. The average Bonchev–Trinajstić information content (AvgIpc) is 3.44. The zero-order chi connectivity index (χ0) is 26.2. The Morgan fingerprint density at radius 2 is 1.86 bits per heavy atom. The fourth-order valence-electron chi connectivity index (χ4n) is 4.94. The van der Waals surface area contributed by atoms with Crippen LogP contribution in [0.3, 0.4) is 0 Å². The number of hydrogen-bond donors (Lipinski definition) is 0. The topological polar surface area (TPSA) is 85.2 Å². The number of aromatic nitrogens is 3. The lowest BCUT2D eigenvalue weighted by molar-refractivity contribution is -0.128. The predicted molar refractivity (Wildman–Crippen MR) is 148 cm³/mol. The summed E-state index contributed by atoms with van der Waals surface area (Å²) in [5.74, 6) is 1.02. The van der Waals surface area contributed by atoms with E-state index in [1.54, 1.807) is 11.9 Å². The molecule has 3 aromatic carbocycles. The van der Waals surface area contributed by atoms with Crippen molar-refractivity contribution in [2.45, 2.75) is 37.9 Å². The number of aryl methyl sites for hydroxylation is 2. The summed E-state index contributed by atoms with van der Waals surface area (Å²) in [6.07, 6.45) is 1.08. The van der Waals surface area contributed by atoms with E-state index in [0.717, 1.165) is 22.6 Å². The maximum Gasteiger partial charge on any atom is 0.233 e. The Kier molecular flexibility index (Phi) is 7.09. The van der Waals surface area contributed by atoms with Crippen molar-refractivity contribution in [3.8, 4) is 5.69 Å². The number of nitrogens with zero attached hydrogens (tertiary/aromatic N) is 4. The first kappa shape index (κ1) is 25.5. The van der Waals surface area contributed by atoms with Crippen molar-refractivity contribution < 1.29 is 13.2 Å². The summed E-state index contributed by atoms with van der Waals surface area (Å²) in [6.45, 7) is 4.13. The number of amides is 1. The average molecular weight is 535 g/mol. The standard InChI is InChI=1S/C28H30N4O3S2/c1-19-11-12-25(20(2)15-19)32-26(16-22-9-6-8-21-7-4-5-10-24(21)22)29-30-28(32)36-17-27(33)31(3)23-13-14-37(34,35)18-23/h4-12,15,23H,13-14,16-18H2,1-3H3/t23-/m1/s1. The quantitative estimate of drug-likeness (QED) is 0.328. The third kappa shape index (κ3) is 5.43. The molecule has 1 saturated heterocycles. The molecule has 0 bridgehead atoms. The van der Waals surface area contributed by atoms with Gasteiger partial charge in [0.25, 0.3) is 0 Å². The van der Waals surface area contributed by atoms with Crippen LogP contribution in [0.15, 0.2) is 65.8 Å². The van der Waals surface area contributed by atoms with Crippen molar-refractivity contribution in [2.75, 3.05) is 24.3 Å². The highest BCUT2D eigenvalue weighted by Gasteiger charge is 2.32. The van der Waals surface area contributed by atoms with Crippen LogP contribution in [0.2, 0.25) is 0 Å². The van der Waals surface area contributed by atoms with Crippen LogP contribution in [0, 0.1) is 13.8 Å². The number of carbonyl (C=O) groups excluding carboxylic acids is 1. The third-order valence-corrected chi connectivity index (χ3v) is 9.66. The fourth-order valence-corrected chi connectivity index (χ4v) is 7.60. The van der Waals surface area contributed by atoms with Gasteiger partial charge in [-0.1, -0.05) is 71.9 Å². The number of sulfone groups is 1. The van der Waals surface area contributed by atoms with Gasteiger partial charge in [-0.05, 0) is 48.2 Å². The molecule has 0 unspecified atom stereocenters. The van der Waals surface area contributed by atoms with Crippen LogP contribution in [0.4, 0.5) is 0 Å². The monoisotopic (exact) mass is 534 g/mol. The highest BCUT2D eigenvalue weighted by Crippen LogP contribution is 2.28. The summed E-state index contributed by atoms with van der Waals surface area (Å²) in [6, 6.07) is 20.6. The molecular weight excluding hydrogens is 504 g/mol. The number of benzene rings is 3. The van der Waals surface area contributed by atoms with Gasteiger partial charge in [0.1, 0.15) is 5.82 Å². The summed E-state index contributed by atoms with van der Waals surface area (Å²) in [4.78, 5) is 14.5. The molecule has 1 fully saturated rings. The lowest BCUT2D eigenvalue weighted by Gasteiger charge is -2.23. The van der Waals surface area contributed by atoms with E-state index < -0.39 is 9.84 Å². The molecule has 37 heavy (non-hydrogen) atoms. The van der Waals surface area contributed by atoms with Crippen LogP contribution in [-0.2, 0) is 21.1 Å². The molecule has 192 valence electrons. The first-order chi connectivity index (χ1) is 17.7. The van der Waals surface area contributed by atoms with Crippen molar-refractivity contribution in [2.24, 2.45) is 0 Å². The third-order valence-electron chi connectivity index (χ3n) is 7.00. The number of rotatable bonds is 7. The van der Waals surface area contributed by atoms with Crippen molar-refractivity contribution in [3.05, 3.63) is 83.2 Å². The second kappa shape index (κ2) is 10.3. The number of hydrogen-bond acceptors (Lipinski definition) is 6. The van der Waals surface area contributed by atoms with E-state index in [1.807, 2.05) is 12.1 Å². The van der Waals surface area contributed by atoms with Crippen LogP contribution in [0.25, 0.3) is 16.5 Å². The lowest BCUT2D eigenvalue weighted by Crippen LogP contribution is -2.38. The van der Waals surface area contributed by atoms with Gasteiger partial charge < -0.3 is 4.90 Å². The number of fused-ring (bicyclic) bond motifs is 1. The molecule has 1 atom stereocenters. The van der Waals surface area contributed by atoms with Gasteiger partial charge in [-0.3, -0.25) is 9.36 Å². The van der Waals surface area contributed by atoms with Gasteiger partial charge in [0, 0.05) is 19.5 Å². The Morgan fingerprint density at radius 1 is 1.08 bits per heavy atom. The normalized spacial score (nSPS) is 16.8. The zero-order valence-corrected chi connectivity index (χ0v) is 22.8. The van der Waals surface area contributed by atoms with Gasteiger partial charge in [-0.2, -0.15) is 0 Å². The summed E-state index contributed by atoms with van der Waals surface area (Å²) in [7, 11) is -1.37. The van der Waals surface area contributed by atoms with Crippen LogP contribution < -0.4 is 0 Å². The van der Waals surface area contributed by atoms with Crippen molar-refractivity contribution in [3.63, 3.8) is 0 Å². The van der Waals surface area contributed by atoms with E-state index in [9.17, 15) is 13.2 Å². The Labute approximate surface area is 221 Å². The molecule has 1 aromatic heterocycles. The maximum absolute atomic E-state index is 13.0. The van der Waals surface area contributed by atoms with E-state index >= 15 is 0 Å². The minimum absolute atomic E-state index is 0.0355. The molecule has 1 amide bonds. The Morgan fingerprint density at radius 3 is 2.62 bits per heavy atom. The van der Waals surface area contributed by atoms with Gasteiger partial charge in [0.15, 0.2) is 15.0 Å². The van der Waals surface area contributed by atoms with Gasteiger partial charge in [0.05, 0.1) is 22.9 Å². The molecule has 9 heteroatoms. The van der Waals surface area contributed by atoms with Gasteiger partial charge in [0.2, 0.25) is 5.91 Å². The molecule has 0 N–H and O–H groups in total. The zero-order valence-electron chi connectivity index (χ0n) is 21.2. The Balaban J connectivity index is 1.45. The SMILES string of the molecule is Cc1ccc(-n2c(Cc3cccc4ccccc34)nnc2SCC(=O)N(C)[C@@H]2CCS(=O)(=O)C2)c(C)c1. The summed E-state index contributed by atoms with van der Waals surface area (Å²) in [5.41, 5.74) is 4.41. The first-order valence-corrected chi connectivity index (χ1v) is 15.1. The van der Waals surface area contributed by atoms with E-state index in [0.29, 0.717) is 18.0 Å². The summed E-state index contributed by atoms with van der Waals surface area (Å²) < 4.78 is 25.8. The highest BCUT2D eigenvalue weighted by atomic mass is 32.2. The Hall–Kier alpha value is -3.17. The lowest BCUT2D eigenvalue weighted by atomic mass is 10.0. The van der Waals surface area contributed by atoms with E-state index in [4.69, 9.17) is 0 Å². The molecule has 1 aliphatic heterocycles. The molecule has 0 radical (unpaired) electrons. The molecule has 2 heterocycles. The smallest absolute Gasteiger partial charge is 0.233 e. The fraction of sp³-hybridized carbons (Fsp3) is 0.321. The minimum atomic E-state index is -3.06. The molecule has 1 aliphatic rings. The van der Waals surface area contributed by atoms with Crippen LogP contribution in [-0.4, -0.2) is 64.3 Å². The van der Waals surface area contributed by atoms with E-state index in [1.165, 1.54) is 28.1 Å².